The fraction of sp³-hybridized carbons (Fsp3) is 0.357. The van der Waals surface area contributed by atoms with Crippen LogP contribution in [0.15, 0.2) is 36.7 Å². The molecule has 1 atom stereocenters. The van der Waals surface area contributed by atoms with Crippen molar-refractivity contribution in [2.75, 3.05) is 6.54 Å². The number of nitrogens with zero attached hydrogens (tertiary/aromatic N) is 2. The zero-order chi connectivity index (χ0) is 13.7. The number of benzene rings is 1. The number of hydrogen-bond acceptors (Lipinski definition) is 3. The first kappa shape index (κ1) is 14.1. The van der Waals surface area contributed by atoms with E-state index in [2.05, 4.69) is 10.4 Å². The molecular formula is C14H18ClN3O. The lowest BCUT2D eigenvalue weighted by molar-refractivity contribution is 0.183. The molecule has 0 aliphatic rings. The third-order valence-corrected chi connectivity index (χ3v) is 3.05. The molecule has 1 aromatic carbocycles. The van der Waals surface area contributed by atoms with E-state index >= 15 is 0 Å². The maximum Gasteiger partial charge on any atom is 0.0646 e. The van der Waals surface area contributed by atoms with Gasteiger partial charge in [-0.25, -0.2) is 4.68 Å². The van der Waals surface area contributed by atoms with Gasteiger partial charge in [0.2, 0.25) is 0 Å². The molecule has 1 aromatic heterocycles. The molecule has 0 saturated carbocycles. The van der Waals surface area contributed by atoms with Gasteiger partial charge < -0.3 is 10.4 Å². The molecule has 2 N–H and O–H groups in total. The van der Waals surface area contributed by atoms with E-state index in [1.165, 1.54) is 0 Å². The van der Waals surface area contributed by atoms with E-state index in [9.17, 15) is 0 Å². The van der Waals surface area contributed by atoms with Crippen LogP contribution in [-0.4, -0.2) is 27.5 Å². The van der Waals surface area contributed by atoms with Crippen LogP contribution < -0.4 is 5.32 Å². The highest BCUT2D eigenvalue weighted by molar-refractivity contribution is 6.30. The Labute approximate surface area is 118 Å². The number of nitrogens with one attached hydrogen (secondary N) is 1. The summed E-state index contributed by atoms with van der Waals surface area (Å²) in [6.07, 6.45) is 4.32. The largest absolute Gasteiger partial charge is 0.393 e. The van der Waals surface area contributed by atoms with Gasteiger partial charge >= 0.3 is 0 Å². The molecule has 0 aliphatic carbocycles. The summed E-state index contributed by atoms with van der Waals surface area (Å²) >= 11 is 5.85. The maximum absolute atomic E-state index is 9.16. The second kappa shape index (κ2) is 6.70. The molecule has 4 nitrogen and oxygen atoms in total. The fourth-order valence-corrected chi connectivity index (χ4v) is 1.86. The van der Waals surface area contributed by atoms with Crippen molar-refractivity contribution >= 4 is 11.6 Å². The molecular weight excluding hydrogens is 262 g/mol. The van der Waals surface area contributed by atoms with E-state index < -0.39 is 0 Å². The summed E-state index contributed by atoms with van der Waals surface area (Å²) in [4.78, 5) is 0. The van der Waals surface area contributed by atoms with Gasteiger partial charge in [-0.05, 0) is 44.2 Å². The van der Waals surface area contributed by atoms with Crippen LogP contribution in [0.25, 0.3) is 5.69 Å². The summed E-state index contributed by atoms with van der Waals surface area (Å²) in [5.41, 5.74) is 2.10. The van der Waals surface area contributed by atoms with Gasteiger partial charge in [-0.1, -0.05) is 11.6 Å². The SMILES string of the molecule is CC(O)CCNCc1cnn(-c2ccc(Cl)cc2)c1. The lowest BCUT2D eigenvalue weighted by atomic mass is 10.3. The van der Waals surface area contributed by atoms with Crippen LogP contribution in [0.1, 0.15) is 18.9 Å². The summed E-state index contributed by atoms with van der Waals surface area (Å²) in [6, 6.07) is 7.55. The smallest absolute Gasteiger partial charge is 0.0646 e. The van der Waals surface area contributed by atoms with Crippen LogP contribution in [0.4, 0.5) is 0 Å². The van der Waals surface area contributed by atoms with Gasteiger partial charge in [0.1, 0.15) is 0 Å². The van der Waals surface area contributed by atoms with Crippen LogP contribution in [0.2, 0.25) is 5.02 Å². The summed E-state index contributed by atoms with van der Waals surface area (Å²) < 4.78 is 1.82. The second-order valence-corrected chi connectivity index (χ2v) is 5.02. The Bertz CT molecular complexity index is 508. The summed E-state index contributed by atoms with van der Waals surface area (Å²) in [5, 5.41) is 17.5. The summed E-state index contributed by atoms with van der Waals surface area (Å²) in [5.74, 6) is 0. The highest BCUT2D eigenvalue weighted by Gasteiger charge is 2.01. The van der Waals surface area contributed by atoms with Gasteiger partial charge in [-0.2, -0.15) is 5.10 Å². The van der Waals surface area contributed by atoms with Crippen LogP contribution >= 0.6 is 11.6 Å². The third-order valence-electron chi connectivity index (χ3n) is 2.80. The Kier molecular flexibility index (Phi) is 4.96. The summed E-state index contributed by atoms with van der Waals surface area (Å²) in [6.45, 7) is 3.34. The van der Waals surface area contributed by atoms with Crippen molar-refractivity contribution in [2.45, 2.75) is 26.0 Å². The molecule has 0 saturated heterocycles. The number of hydrogen-bond donors (Lipinski definition) is 2. The van der Waals surface area contributed by atoms with Crippen LogP contribution in [0.3, 0.4) is 0 Å². The number of aromatic nitrogens is 2. The molecule has 0 bridgehead atoms. The van der Waals surface area contributed by atoms with Gasteiger partial charge in [0.25, 0.3) is 0 Å². The summed E-state index contributed by atoms with van der Waals surface area (Å²) in [7, 11) is 0. The standard InChI is InChI=1S/C14H18ClN3O/c1-11(19)6-7-16-8-12-9-17-18(10-12)14-4-2-13(15)3-5-14/h2-5,9-11,16,19H,6-8H2,1H3. The fourth-order valence-electron chi connectivity index (χ4n) is 1.73. The Hall–Kier alpha value is -1.36. The molecule has 0 spiro atoms. The molecule has 0 fully saturated rings. The highest BCUT2D eigenvalue weighted by atomic mass is 35.5. The minimum atomic E-state index is -0.260. The average Bonchev–Trinajstić information content (AvgIpc) is 2.84. The van der Waals surface area contributed by atoms with Crippen LogP contribution in [-0.2, 0) is 6.54 Å². The van der Waals surface area contributed by atoms with E-state index in [0.717, 1.165) is 35.8 Å². The topological polar surface area (TPSA) is 50.1 Å². The minimum Gasteiger partial charge on any atom is -0.393 e. The molecule has 0 radical (unpaired) electrons. The lowest BCUT2D eigenvalue weighted by Crippen LogP contribution is -2.18. The first-order chi connectivity index (χ1) is 9.15. The van der Waals surface area contributed by atoms with E-state index in [0.29, 0.717) is 0 Å². The van der Waals surface area contributed by atoms with Gasteiger partial charge in [-0.3, -0.25) is 0 Å². The van der Waals surface area contributed by atoms with Gasteiger partial charge in [0.05, 0.1) is 18.0 Å². The van der Waals surface area contributed by atoms with Gasteiger partial charge in [-0.15, -0.1) is 0 Å². The first-order valence-electron chi connectivity index (χ1n) is 6.33. The average molecular weight is 280 g/mol. The number of halogens is 1. The molecule has 102 valence electrons. The Morgan fingerprint density at radius 1 is 1.37 bits per heavy atom. The molecule has 0 amide bonds. The molecule has 2 rings (SSSR count). The Morgan fingerprint density at radius 2 is 2.11 bits per heavy atom. The van der Waals surface area contributed by atoms with Crippen molar-refractivity contribution in [2.24, 2.45) is 0 Å². The monoisotopic (exact) mass is 279 g/mol. The van der Waals surface area contributed by atoms with Crippen LogP contribution in [0.5, 0.6) is 0 Å². The highest BCUT2D eigenvalue weighted by Crippen LogP contribution is 2.13. The van der Waals surface area contributed by atoms with Crippen molar-refractivity contribution in [1.29, 1.82) is 0 Å². The minimum absolute atomic E-state index is 0.260. The van der Waals surface area contributed by atoms with Crippen molar-refractivity contribution < 1.29 is 5.11 Å². The quantitative estimate of drug-likeness (QED) is 0.798. The molecule has 1 heterocycles. The molecule has 5 heteroatoms. The third kappa shape index (κ3) is 4.35. The normalized spacial score (nSPS) is 12.6. The Balaban J connectivity index is 1.90. The predicted octanol–water partition coefficient (Wildman–Crippen LogP) is 2.39. The second-order valence-electron chi connectivity index (χ2n) is 4.58. The molecule has 19 heavy (non-hydrogen) atoms. The zero-order valence-corrected chi connectivity index (χ0v) is 11.6. The van der Waals surface area contributed by atoms with Crippen molar-refractivity contribution in [3.63, 3.8) is 0 Å². The van der Waals surface area contributed by atoms with E-state index in [1.807, 2.05) is 41.3 Å². The molecule has 0 aliphatic heterocycles. The van der Waals surface area contributed by atoms with E-state index in [4.69, 9.17) is 16.7 Å². The first-order valence-corrected chi connectivity index (χ1v) is 6.71. The Morgan fingerprint density at radius 3 is 2.79 bits per heavy atom. The van der Waals surface area contributed by atoms with E-state index in [1.54, 1.807) is 6.92 Å². The number of aliphatic hydroxyl groups excluding tert-OH is 1. The van der Waals surface area contributed by atoms with Crippen molar-refractivity contribution in [1.82, 2.24) is 15.1 Å². The molecule has 2 aromatic rings. The van der Waals surface area contributed by atoms with Crippen molar-refractivity contribution in [3.8, 4) is 5.69 Å². The van der Waals surface area contributed by atoms with Crippen molar-refractivity contribution in [3.05, 3.63) is 47.2 Å². The number of rotatable bonds is 6. The zero-order valence-electron chi connectivity index (χ0n) is 10.9. The van der Waals surface area contributed by atoms with Gasteiger partial charge in [0.15, 0.2) is 0 Å². The predicted molar refractivity (Wildman–Crippen MR) is 76.6 cm³/mol. The lowest BCUT2D eigenvalue weighted by Gasteiger charge is -2.04. The number of aliphatic hydroxyl groups is 1. The van der Waals surface area contributed by atoms with E-state index in [-0.39, 0.29) is 6.10 Å². The molecule has 1 unspecified atom stereocenters. The maximum atomic E-state index is 9.16. The van der Waals surface area contributed by atoms with Crippen LogP contribution in [0, 0.1) is 0 Å². The van der Waals surface area contributed by atoms with Gasteiger partial charge in [0, 0.05) is 23.3 Å².